The first-order valence-corrected chi connectivity index (χ1v) is 7.42. The number of carbonyl (C=O) groups excluding carboxylic acids is 1. The average molecular weight is 342 g/mol. The highest BCUT2D eigenvalue weighted by Crippen LogP contribution is 2.31. The molecule has 0 aliphatic heterocycles. The van der Waals surface area contributed by atoms with Gasteiger partial charge in [0.2, 0.25) is 0 Å². The monoisotopic (exact) mass is 342 g/mol. The number of benzene rings is 1. The molecule has 0 saturated heterocycles. The Morgan fingerprint density at radius 1 is 1.12 bits per heavy atom. The van der Waals surface area contributed by atoms with Crippen LogP contribution in [0.5, 0.6) is 17.2 Å². The van der Waals surface area contributed by atoms with E-state index in [-0.39, 0.29) is 12.2 Å². The summed E-state index contributed by atoms with van der Waals surface area (Å²) in [5.41, 5.74) is 1.05. The molecule has 0 radical (unpaired) electrons. The Hall–Kier alpha value is -3.22. The fourth-order valence-corrected chi connectivity index (χ4v) is 2.34. The van der Waals surface area contributed by atoms with E-state index in [0.29, 0.717) is 33.8 Å². The van der Waals surface area contributed by atoms with Crippen LogP contribution in [0.4, 0.5) is 4.39 Å². The van der Waals surface area contributed by atoms with E-state index in [1.807, 2.05) is 0 Å². The van der Waals surface area contributed by atoms with Crippen LogP contribution >= 0.6 is 0 Å². The van der Waals surface area contributed by atoms with Crippen LogP contribution in [0.3, 0.4) is 0 Å². The van der Waals surface area contributed by atoms with Crippen LogP contribution in [0.25, 0.3) is 10.9 Å². The summed E-state index contributed by atoms with van der Waals surface area (Å²) in [6.45, 7) is 0. The molecule has 0 fully saturated rings. The van der Waals surface area contributed by atoms with Gasteiger partial charge in [0, 0.05) is 17.6 Å². The van der Waals surface area contributed by atoms with Gasteiger partial charge < -0.3 is 14.2 Å². The first kappa shape index (κ1) is 16.6. The Bertz CT molecular complexity index is 930. The largest absolute Gasteiger partial charge is 0.495 e. The fraction of sp³-hybridized carbons (Fsp3) is 0.167. The zero-order valence-corrected chi connectivity index (χ0v) is 13.7. The van der Waals surface area contributed by atoms with Gasteiger partial charge in [-0.3, -0.25) is 14.8 Å². The van der Waals surface area contributed by atoms with E-state index in [1.54, 1.807) is 24.4 Å². The lowest BCUT2D eigenvalue weighted by atomic mass is 10.2. The summed E-state index contributed by atoms with van der Waals surface area (Å²) in [5, 5.41) is 0.542. The summed E-state index contributed by atoms with van der Waals surface area (Å²) in [6.07, 6.45) is 3.03. The first-order valence-electron chi connectivity index (χ1n) is 7.42. The van der Waals surface area contributed by atoms with Crippen molar-refractivity contribution >= 4 is 16.9 Å². The topological polar surface area (TPSA) is 70.5 Å². The van der Waals surface area contributed by atoms with Crippen molar-refractivity contribution in [2.75, 3.05) is 14.2 Å². The molecule has 0 N–H and O–H groups in total. The smallest absolute Gasteiger partial charge is 0.311 e. The molecule has 25 heavy (non-hydrogen) atoms. The Balaban J connectivity index is 1.93. The molecular weight excluding hydrogens is 327 g/mol. The fourth-order valence-electron chi connectivity index (χ4n) is 2.34. The van der Waals surface area contributed by atoms with Crippen LogP contribution in [0.2, 0.25) is 0 Å². The van der Waals surface area contributed by atoms with E-state index < -0.39 is 5.97 Å². The molecule has 1 aromatic carbocycles. The third-order valence-corrected chi connectivity index (χ3v) is 3.56. The maximum absolute atomic E-state index is 13.5. The SMILES string of the molecule is COC(=O)Cc1ncc(Oc2ccnc3ccc(F)cc23)cc1OC. The van der Waals surface area contributed by atoms with Crippen molar-refractivity contribution < 1.29 is 23.4 Å². The molecule has 0 bridgehead atoms. The van der Waals surface area contributed by atoms with Crippen LogP contribution in [0.15, 0.2) is 42.7 Å². The van der Waals surface area contributed by atoms with E-state index in [1.165, 1.54) is 32.5 Å². The molecule has 0 spiro atoms. The van der Waals surface area contributed by atoms with Gasteiger partial charge in [-0.1, -0.05) is 0 Å². The number of methoxy groups -OCH3 is 2. The van der Waals surface area contributed by atoms with Crippen molar-refractivity contribution in [3.8, 4) is 17.2 Å². The van der Waals surface area contributed by atoms with Crippen molar-refractivity contribution in [3.63, 3.8) is 0 Å². The maximum atomic E-state index is 13.5. The summed E-state index contributed by atoms with van der Waals surface area (Å²) in [4.78, 5) is 19.8. The molecule has 0 amide bonds. The normalized spacial score (nSPS) is 10.5. The number of halogens is 1. The molecule has 3 rings (SSSR count). The molecule has 0 aliphatic rings. The van der Waals surface area contributed by atoms with Gasteiger partial charge in [0.05, 0.1) is 38.0 Å². The third-order valence-electron chi connectivity index (χ3n) is 3.56. The Morgan fingerprint density at radius 3 is 2.72 bits per heavy atom. The predicted octanol–water partition coefficient (Wildman–Crippen LogP) is 3.29. The molecule has 3 aromatic rings. The second kappa shape index (κ2) is 7.12. The maximum Gasteiger partial charge on any atom is 0.311 e. The molecule has 2 aromatic heterocycles. The lowest BCUT2D eigenvalue weighted by molar-refractivity contribution is -0.139. The summed E-state index contributed by atoms with van der Waals surface area (Å²) in [5.74, 6) is 0.424. The van der Waals surface area contributed by atoms with Gasteiger partial charge in [0.25, 0.3) is 0 Å². The summed E-state index contributed by atoms with van der Waals surface area (Å²) in [6, 6.07) is 7.52. The lowest BCUT2D eigenvalue weighted by Gasteiger charge is -2.11. The summed E-state index contributed by atoms with van der Waals surface area (Å²) in [7, 11) is 2.78. The van der Waals surface area contributed by atoms with Crippen molar-refractivity contribution in [2.45, 2.75) is 6.42 Å². The van der Waals surface area contributed by atoms with E-state index in [4.69, 9.17) is 9.47 Å². The highest BCUT2D eigenvalue weighted by molar-refractivity contribution is 5.85. The number of hydrogen-bond acceptors (Lipinski definition) is 6. The number of hydrogen-bond donors (Lipinski definition) is 0. The van der Waals surface area contributed by atoms with Gasteiger partial charge in [0.15, 0.2) is 0 Å². The van der Waals surface area contributed by atoms with Gasteiger partial charge in [-0.25, -0.2) is 4.39 Å². The number of pyridine rings is 2. The van der Waals surface area contributed by atoms with Crippen LogP contribution in [-0.4, -0.2) is 30.2 Å². The number of fused-ring (bicyclic) bond motifs is 1. The predicted molar refractivity (Wildman–Crippen MR) is 88.3 cm³/mol. The molecule has 6 nitrogen and oxygen atoms in total. The van der Waals surface area contributed by atoms with Crippen LogP contribution in [0.1, 0.15) is 5.69 Å². The van der Waals surface area contributed by atoms with E-state index in [2.05, 4.69) is 14.7 Å². The van der Waals surface area contributed by atoms with Crippen molar-refractivity contribution in [1.82, 2.24) is 9.97 Å². The van der Waals surface area contributed by atoms with Crippen LogP contribution < -0.4 is 9.47 Å². The van der Waals surface area contributed by atoms with Crippen molar-refractivity contribution in [3.05, 3.63) is 54.2 Å². The lowest BCUT2D eigenvalue weighted by Crippen LogP contribution is -2.07. The molecule has 0 aliphatic carbocycles. The zero-order chi connectivity index (χ0) is 17.8. The van der Waals surface area contributed by atoms with Crippen molar-refractivity contribution in [1.29, 1.82) is 0 Å². The minimum Gasteiger partial charge on any atom is -0.495 e. The number of aromatic nitrogens is 2. The quantitative estimate of drug-likeness (QED) is 0.663. The Kier molecular flexibility index (Phi) is 4.74. The molecule has 0 saturated carbocycles. The minimum atomic E-state index is -0.421. The van der Waals surface area contributed by atoms with E-state index in [0.717, 1.165) is 0 Å². The molecule has 0 atom stereocenters. The second-order valence-corrected chi connectivity index (χ2v) is 5.15. The van der Waals surface area contributed by atoms with E-state index in [9.17, 15) is 9.18 Å². The van der Waals surface area contributed by atoms with Gasteiger partial charge in [0.1, 0.15) is 23.1 Å². The first-order chi connectivity index (χ1) is 12.1. The highest BCUT2D eigenvalue weighted by Gasteiger charge is 2.13. The summed E-state index contributed by atoms with van der Waals surface area (Å²) >= 11 is 0. The van der Waals surface area contributed by atoms with Crippen molar-refractivity contribution in [2.24, 2.45) is 0 Å². The Morgan fingerprint density at radius 2 is 1.96 bits per heavy atom. The number of rotatable bonds is 5. The number of ether oxygens (including phenoxy) is 3. The molecule has 7 heteroatoms. The van der Waals surface area contributed by atoms with Gasteiger partial charge >= 0.3 is 5.97 Å². The number of nitrogens with zero attached hydrogens (tertiary/aromatic N) is 2. The standard InChI is InChI=1S/C18H15FN2O4/c1-23-17-8-12(10-21-15(17)9-18(22)24-2)25-16-5-6-20-14-4-3-11(19)7-13(14)16/h3-8,10H,9H2,1-2H3. The molecule has 128 valence electrons. The minimum absolute atomic E-state index is 0.0106. The second-order valence-electron chi connectivity index (χ2n) is 5.15. The summed E-state index contributed by atoms with van der Waals surface area (Å²) < 4.78 is 29.2. The molecule has 0 unspecified atom stereocenters. The van der Waals surface area contributed by atoms with Gasteiger partial charge in [-0.2, -0.15) is 0 Å². The molecule has 2 heterocycles. The van der Waals surface area contributed by atoms with Gasteiger partial charge in [-0.15, -0.1) is 0 Å². The van der Waals surface area contributed by atoms with Crippen LogP contribution in [-0.2, 0) is 16.0 Å². The van der Waals surface area contributed by atoms with Crippen LogP contribution in [0, 0.1) is 5.82 Å². The zero-order valence-electron chi connectivity index (χ0n) is 13.7. The third kappa shape index (κ3) is 3.65. The molecular formula is C18H15FN2O4. The number of carbonyl (C=O) groups is 1. The number of esters is 1. The average Bonchev–Trinajstić information content (AvgIpc) is 2.63. The van der Waals surface area contributed by atoms with E-state index >= 15 is 0 Å². The highest BCUT2D eigenvalue weighted by atomic mass is 19.1. The van der Waals surface area contributed by atoms with Gasteiger partial charge in [-0.05, 0) is 24.3 Å². The Labute approximate surface area is 143 Å².